The highest BCUT2D eigenvalue weighted by atomic mass is 16.4. The Bertz CT molecular complexity index is 270. The number of carboxylic acid groups (broad SMARTS) is 1. The van der Waals surface area contributed by atoms with E-state index in [-0.39, 0.29) is 5.41 Å². The smallest absolute Gasteiger partial charge is 0.303 e. The highest BCUT2D eigenvalue weighted by Crippen LogP contribution is 2.33. The second kappa shape index (κ2) is 6.55. The lowest BCUT2D eigenvalue weighted by Crippen LogP contribution is -2.32. The van der Waals surface area contributed by atoms with E-state index in [4.69, 9.17) is 5.11 Å². The van der Waals surface area contributed by atoms with Crippen molar-refractivity contribution < 1.29 is 9.90 Å². The second-order valence-corrected chi connectivity index (χ2v) is 6.81. The van der Waals surface area contributed by atoms with Gasteiger partial charge in [0.2, 0.25) is 0 Å². The van der Waals surface area contributed by atoms with Crippen LogP contribution in [0.4, 0.5) is 0 Å². The van der Waals surface area contributed by atoms with E-state index in [0.717, 1.165) is 19.4 Å². The molecule has 3 nitrogen and oxygen atoms in total. The zero-order valence-electron chi connectivity index (χ0n) is 12.4. The van der Waals surface area contributed by atoms with Gasteiger partial charge >= 0.3 is 5.97 Å². The van der Waals surface area contributed by atoms with E-state index >= 15 is 0 Å². The van der Waals surface area contributed by atoms with Crippen LogP contribution in [0.2, 0.25) is 0 Å². The maximum atomic E-state index is 10.7. The topological polar surface area (TPSA) is 40.5 Å². The summed E-state index contributed by atoms with van der Waals surface area (Å²) in [4.78, 5) is 13.3. The van der Waals surface area contributed by atoms with Gasteiger partial charge in [-0.2, -0.15) is 0 Å². The maximum absolute atomic E-state index is 10.7. The second-order valence-electron chi connectivity index (χ2n) is 6.81. The van der Waals surface area contributed by atoms with Gasteiger partial charge in [0.25, 0.3) is 0 Å². The lowest BCUT2D eigenvalue weighted by molar-refractivity contribution is -0.137. The predicted molar refractivity (Wildman–Crippen MR) is 74.7 cm³/mol. The zero-order chi connectivity index (χ0) is 13.8. The first-order valence-electron chi connectivity index (χ1n) is 7.26. The molecule has 0 aliphatic carbocycles. The summed E-state index contributed by atoms with van der Waals surface area (Å²) in [6.45, 7) is 11.3. The van der Waals surface area contributed by atoms with Gasteiger partial charge in [0.05, 0.1) is 0 Å². The molecule has 106 valence electrons. The van der Waals surface area contributed by atoms with E-state index in [1.165, 1.54) is 19.4 Å². The van der Waals surface area contributed by atoms with E-state index in [2.05, 4.69) is 32.6 Å². The molecule has 18 heavy (non-hydrogen) atoms. The minimum absolute atomic E-state index is 0.207. The van der Waals surface area contributed by atoms with Gasteiger partial charge in [0.1, 0.15) is 0 Å². The minimum Gasteiger partial charge on any atom is -0.481 e. The molecule has 1 saturated heterocycles. The van der Waals surface area contributed by atoms with Crippen LogP contribution < -0.4 is 0 Å². The summed E-state index contributed by atoms with van der Waals surface area (Å²) in [7, 11) is 0. The van der Waals surface area contributed by atoms with Crippen LogP contribution in [0.5, 0.6) is 0 Å². The van der Waals surface area contributed by atoms with Crippen molar-refractivity contribution in [3.63, 3.8) is 0 Å². The summed E-state index contributed by atoms with van der Waals surface area (Å²) in [5, 5.41) is 8.84. The fourth-order valence-electron chi connectivity index (χ4n) is 2.95. The van der Waals surface area contributed by atoms with Gasteiger partial charge in [-0.3, -0.25) is 4.79 Å². The zero-order valence-corrected chi connectivity index (χ0v) is 12.4. The van der Waals surface area contributed by atoms with Crippen molar-refractivity contribution in [2.75, 3.05) is 13.1 Å². The fraction of sp³-hybridized carbons (Fsp3) is 0.933. The van der Waals surface area contributed by atoms with Crippen LogP contribution in [-0.4, -0.2) is 35.1 Å². The number of aliphatic carboxylic acids is 1. The van der Waals surface area contributed by atoms with E-state index < -0.39 is 5.97 Å². The van der Waals surface area contributed by atoms with Gasteiger partial charge < -0.3 is 10.0 Å². The summed E-state index contributed by atoms with van der Waals surface area (Å²) in [5.41, 5.74) is 0.207. The van der Waals surface area contributed by atoms with Crippen LogP contribution in [0.25, 0.3) is 0 Å². The molecule has 1 aliphatic rings. The first-order chi connectivity index (χ1) is 8.30. The Kier molecular flexibility index (Phi) is 5.64. The van der Waals surface area contributed by atoms with Crippen LogP contribution in [0.3, 0.4) is 0 Å². The molecule has 0 radical (unpaired) electrons. The van der Waals surface area contributed by atoms with Crippen molar-refractivity contribution in [3.8, 4) is 0 Å². The molecule has 3 heteroatoms. The molecule has 2 unspecified atom stereocenters. The third kappa shape index (κ3) is 4.97. The van der Waals surface area contributed by atoms with E-state index in [0.29, 0.717) is 18.4 Å². The average molecular weight is 255 g/mol. The standard InChI is InChI=1S/C15H29NO2/c1-12-6-5-10-16(12)11-9-13(15(2,3)4)7-8-14(17)18/h12-13H,5-11H2,1-4H3,(H,17,18). The summed E-state index contributed by atoms with van der Waals surface area (Å²) < 4.78 is 0. The average Bonchev–Trinajstić information content (AvgIpc) is 2.61. The summed E-state index contributed by atoms with van der Waals surface area (Å²) >= 11 is 0. The number of nitrogens with zero attached hydrogens (tertiary/aromatic N) is 1. The number of carboxylic acids is 1. The molecular formula is C15H29NO2. The SMILES string of the molecule is CC1CCCN1CCC(CCC(=O)O)C(C)(C)C. The predicted octanol–water partition coefficient (Wildman–Crippen LogP) is 3.39. The Labute approximate surface area is 112 Å². The molecule has 0 amide bonds. The van der Waals surface area contributed by atoms with Crippen molar-refractivity contribution in [3.05, 3.63) is 0 Å². The normalized spacial score (nSPS) is 23.2. The molecule has 1 fully saturated rings. The molecule has 2 atom stereocenters. The van der Waals surface area contributed by atoms with Gasteiger partial charge in [0.15, 0.2) is 0 Å². The van der Waals surface area contributed by atoms with E-state index in [1.54, 1.807) is 0 Å². The molecule has 1 heterocycles. The summed E-state index contributed by atoms with van der Waals surface area (Å²) in [5.74, 6) is -0.166. The lowest BCUT2D eigenvalue weighted by atomic mass is 9.76. The summed E-state index contributed by atoms with van der Waals surface area (Å²) in [6, 6.07) is 0.713. The highest BCUT2D eigenvalue weighted by molar-refractivity contribution is 5.66. The Morgan fingerprint density at radius 3 is 2.50 bits per heavy atom. The Morgan fingerprint density at radius 1 is 1.39 bits per heavy atom. The van der Waals surface area contributed by atoms with E-state index in [9.17, 15) is 4.79 Å². The number of hydrogen-bond acceptors (Lipinski definition) is 2. The van der Waals surface area contributed by atoms with Gasteiger partial charge in [-0.15, -0.1) is 0 Å². The van der Waals surface area contributed by atoms with Gasteiger partial charge in [0, 0.05) is 12.5 Å². The summed E-state index contributed by atoms with van der Waals surface area (Å²) in [6.07, 6.45) is 4.87. The molecule has 0 aromatic carbocycles. The fourth-order valence-corrected chi connectivity index (χ4v) is 2.95. The number of hydrogen-bond donors (Lipinski definition) is 1. The largest absolute Gasteiger partial charge is 0.481 e. The molecule has 0 spiro atoms. The number of rotatable bonds is 6. The van der Waals surface area contributed by atoms with Crippen LogP contribution in [-0.2, 0) is 4.79 Å². The van der Waals surface area contributed by atoms with Crippen molar-refractivity contribution in [1.29, 1.82) is 0 Å². The third-order valence-electron chi connectivity index (χ3n) is 4.39. The minimum atomic E-state index is -0.668. The monoisotopic (exact) mass is 255 g/mol. The molecule has 0 aromatic rings. The van der Waals surface area contributed by atoms with Crippen molar-refractivity contribution >= 4 is 5.97 Å². The van der Waals surface area contributed by atoms with Gasteiger partial charge in [-0.1, -0.05) is 20.8 Å². The van der Waals surface area contributed by atoms with Crippen molar-refractivity contribution in [2.24, 2.45) is 11.3 Å². The van der Waals surface area contributed by atoms with Crippen LogP contribution >= 0.6 is 0 Å². The number of carbonyl (C=O) groups is 1. The van der Waals surface area contributed by atoms with Gasteiger partial charge in [-0.25, -0.2) is 0 Å². The van der Waals surface area contributed by atoms with Gasteiger partial charge in [-0.05, 0) is 57.0 Å². The third-order valence-corrected chi connectivity index (χ3v) is 4.39. The molecular weight excluding hydrogens is 226 g/mol. The quantitative estimate of drug-likeness (QED) is 0.791. The Balaban J connectivity index is 2.43. The Hall–Kier alpha value is -0.570. The molecule has 1 rings (SSSR count). The van der Waals surface area contributed by atoms with Crippen molar-refractivity contribution in [2.45, 2.75) is 65.8 Å². The molecule has 1 aliphatic heterocycles. The molecule has 0 bridgehead atoms. The van der Waals surface area contributed by atoms with Crippen LogP contribution in [0, 0.1) is 11.3 Å². The lowest BCUT2D eigenvalue weighted by Gasteiger charge is -2.33. The van der Waals surface area contributed by atoms with E-state index in [1.807, 2.05) is 0 Å². The van der Waals surface area contributed by atoms with Crippen LogP contribution in [0.15, 0.2) is 0 Å². The maximum Gasteiger partial charge on any atom is 0.303 e. The molecule has 0 aromatic heterocycles. The number of likely N-dealkylation sites (tertiary alicyclic amines) is 1. The molecule has 1 N–H and O–H groups in total. The first kappa shape index (κ1) is 15.5. The van der Waals surface area contributed by atoms with Crippen LogP contribution in [0.1, 0.15) is 59.8 Å². The Morgan fingerprint density at radius 2 is 2.06 bits per heavy atom. The van der Waals surface area contributed by atoms with Crippen molar-refractivity contribution in [1.82, 2.24) is 4.90 Å². The highest BCUT2D eigenvalue weighted by Gasteiger charge is 2.27. The first-order valence-corrected chi connectivity index (χ1v) is 7.26. The molecule has 0 saturated carbocycles.